The fraction of sp³-hybridized carbons (Fsp3) is 0.746. The maximum Gasteiger partial charge on any atom is 0.306 e. The number of hydrogen-bond acceptors (Lipinski definition) is 6. The third-order valence-electron chi connectivity index (χ3n) is 13.4. The molecule has 0 saturated carbocycles. The predicted octanol–water partition coefficient (Wildman–Crippen LogP) is 21.1. The summed E-state index contributed by atoms with van der Waals surface area (Å²) in [5.41, 5.74) is 0. The summed E-state index contributed by atoms with van der Waals surface area (Å²) >= 11 is 0. The van der Waals surface area contributed by atoms with E-state index in [1.165, 1.54) is 167 Å². The lowest BCUT2D eigenvalue weighted by molar-refractivity contribution is -0.167. The molecule has 0 aliphatic heterocycles. The van der Waals surface area contributed by atoms with Crippen LogP contribution in [0.15, 0.2) is 85.1 Å². The second-order valence-corrected chi connectivity index (χ2v) is 20.6. The van der Waals surface area contributed by atoms with E-state index in [0.717, 1.165) is 96.3 Å². The van der Waals surface area contributed by atoms with Crippen LogP contribution in [0.3, 0.4) is 0 Å². The fourth-order valence-electron chi connectivity index (χ4n) is 8.69. The van der Waals surface area contributed by atoms with Crippen LogP contribution >= 0.6 is 0 Å². The number of ether oxygens (including phenoxy) is 3. The molecule has 0 saturated heterocycles. The number of rotatable bonds is 56. The van der Waals surface area contributed by atoms with Gasteiger partial charge in [-0.2, -0.15) is 0 Å². The molecular formula is C67H116O6. The first-order valence-corrected chi connectivity index (χ1v) is 31.1. The van der Waals surface area contributed by atoms with Gasteiger partial charge in [0.05, 0.1) is 0 Å². The smallest absolute Gasteiger partial charge is 0.306 e. The van der Waals surface area contributed by atoms with E-state index in [4.69, 9.17) is 14.2 Å². The van der Waals surface area contributed by atoms with Crippen molar-refractivity contribution in [3.8, 4) is 0 Å². The Labute approximate surface area is 452 Å². The Hall–Kier alpha value is -3.41. The van der Waals surface area contributed by atoms with Crippen molar-refractivity contribution in [2.45, 2.75) is 309 Å². The van der Waals surface area contributed by atoms with Crippen LogP contribution in [0, 0.1) is 0 Å². The highest BCUT2D eigenvalue weighted by atomic mass is 16.6. The largest absolute Gasteiger partial charge is 0.462 e. The van der Waals surface area contributed by atoms with Crippen LogP contribution in [0.2, 0.25) is 0 Å². The van der Waals surface area contributed by atoms with E-state index in [1.54, 1.807) is 0 Å². The summed E-state index contributed by atoms with van der Waals surface area (Å²) in [5.74, 6) is -0.922. The highest BCUT2D eigenvalue weighted by molar-refractivity contribution is 5.71. The van der Waals surface area contributed by atoms with Gasteiger partial charge in [0.2, 0.25) is 0 Å². The highest BCUT2D eigenvalue weighted by Gasteiger charge is 2.19. The van der Waals surface area contributed by atoms with E-state index in [9.17, 15) is 14.4 Å². The molecule has 0 N–H and O–H groups in total. The molecule has 1 atom stereocenters. The molecule has 420 valence electrons. The van der Waals surface area contributed by atoms with Crippen molar-refractivity contribution >= 4 is 17.9 Å². The van der Waals surface area contributed by atoms with Crippen LogP contribution in [0.25, 0.3) is 0 Å². The van der Waals surface area contributed by atoms with Crippen LogP contribution in [0.5, 0.6) is 0 Å². The number of carbonyl (C=O) groups is 3. The molecule has 1 unspecified atom stereocenters. The summed E-state index contributed by atoms with van der Waals surface area (Å²) < 4.78 is 16.9. The summed E-state index contributed by atoms with van der Waals surface area (Å²) in [6.07, 6.45) is 80.1. The topological polar surface area (TPSA) is 78.9 Å². The molecule has 0 radical (unpaired) electrons. The Kier molecular flexibility index (Phi) is 58.3. The van der Waals surface area contributed by atoms with Gasteiger partial charge in [0.1, 0.15) is 13.2 Å². The zero-order valence-electron chi connectivity index (χ0n) is 48.1. The predicted molar refractivity (Wildman–Crippen MR) is 316 cm³/mol. The minimum atomic E-state index is -0.796. The van der Waals surface area contributed by atoms with Crippen molar-refractivity contribution in [1.29, 1.82) is 0 Å². The molecule has 0 amide bonds. The second kappa shape index (κ2) is 61.1. The van der Waals surface area contributed by atoms with Gasteiger partial charge in [-0.1, -0.05) is 254 Å². The third-order valence-corrected chi connectivity index (χ3v) is 13.4. The van der Waals surface area contributed by atoms with Gasteiger partial charge in [-0.15, -0.1) is 0 Å². The van der Waals surface area contributed by atoms with Crippen molar-refractivity contribution in [3.63, 3.8) is 0 Å². The maximum atomic E-state index is 12.9. The van der Waals surface area contributed by atoms with Crippen LogP contribution in [-0.4, -0.2) is 37.2 Å². The van der Waals surface area contributed by atoms with Gasteiger partial charge in [0, 0.05) is 19.3 Å². The van der Waals surface area contributed by atoms with Gasteiger partial charge in [0.15, 0.2) is 6.10 Å². The second-order valence-electron chi connectivity index (χ2n) is 20.6. The van der Waals surface area contributed by atoms with Gasteiger partial charge in [-0.25, -0.2) is 0 Å². The van der Waals surface area contributed by atoms with Crippen molar-refractivity contribution in [3.05, 3.63) is 85.1 Å². The lowest BCUT2D eigenvalue weighted by Gasteiger charge is -2.18. The quantitative estimate of drug-likeness (QED) is 0.0261. The van der Waals surface area contributed by atoms with Crippen LogP contribution in [0.4, 0.5) is 0 Å². The van der Waals surface area contributed by atoms with Gasteiger partial charge in [-0.3, -0.25) is 14.4 Å². The first kappa shape index (κ1) is 69.6. The minimum absolute atomic E-state index is 0.0904. The van der Waals surface area contributed by atoms with E-state index in [0.29, 0.717) is 19.3 Å². The van der Waals surface area contributed by atoms with Gasteiger partial charge in [0.25, 0.3) is 0 Å². The summed E-state index contributed by atoms with van der Waals surface area (Å²) in [7, 11) is 0. The summed E-state index contributed by atoms with van der Waals surface area (Å²) in [6.45, 7) is 6.51. The molecule has 6 heteroatoms. The normalized spacial score (nSPS) is 12.6. The molecule has 0 spiro atoms. The lowest BCUT2D eigenvalue weighted by atomic mass is 10.1. The van der Waals surface area contributed by atoms with Crippen LogP contribution in [-0.2, 0) is 28.6 Å². The zero-order chi connectivity index (χ0) is 52.9. The number of allylic oxidation sites excluding steroid dienone is 14. The van der Waals surface area contributed by atoms with Crippen molar-refractivity contribution in [1.82, 2.24) is 0 Å². The summed E-state index contributed by atoms with van der Waals surface area (Å²) in [5, 5.41) is 0. The first-order chi connectivity index (χ1) is 36.0. The van der Waals surface area contributed by atoms with Gasteiger partial charge >= 0.3 is 17.9 Å². The molecule has 0 aliphatic carbocycles. The zero-order valence-corrected chi connectivity index (χ0v) is 48.1. The number of hydrogen-bond donors (Lipinski definition) is 0. The van der Waals surface area contributed by atoms with Gasteiger partial charge < -0.3 is 14.2 Å². The molecule has 0 aromatic rings. The molecule has 0 aliphatic rings. The summed E-state index contributed by atoms with van der Waals surface area (Å²) in [4.78, 5) is 38.3. The maximum absolute atomic E-state index is 12.9. The Balaban J connectivity index is 4.45. The Morgan fingerprint density at radius 1 is 0.288 bits per heavy atom. The SMILES string of the molecule is CC/C=C\C/C=C\C/C=C\C/C=C\C/C=C\CCCCCC(=O)OCC(COC(=O)CCCCCCCCC/C=C\CCCCCCCC)OC(=O)CCCCCCCCC/C=C\CCCCCCCCCC. The minimum Gasteiger partial charge on any atom is -0.462 e. The number of unbranched alkanes of at least 4 members (excludes halogenated alkanes) is 31. The Bertz CT molecular complexity index is 1400. The monoisotopic (exact) mass is 1020 g/mol. The fourth-order valence-corrected chi connectivity index (χ4v) is 8.69. The molecule has 0 bridgehead atoms. The molecule has 0 heterocycles. The standard InChI is InChI=1S/C67H116O6/c1-4-7-10-13-16-19-22-25-28-31-33-36-39-42-45-48-51-54-57-60-66(69)72-63-64(62-71-65(68)59-56-53-50-47-44-41-38-35-30-27-24-21-18-15-12-9-6-3)73-67(70)61-58-55-52-49-46-43-40-37-34-32-29-26-23-20-17-14-11-8-5-2/h7,10,16,19,25,27-28,30,32-34,36,42,45,64H,4-6,8-9,11-15,17-18,20-24,26,29,31,35,37-41,43-44,46-63H2,1-3H3/b10-7-,19-16-,28-25-,30-27-,34-32-,36-33-,45-42-. The average molecular weight is 1020 g/mol. The molecule has 6 nitrogen and oxygen atoms in total. The Morgan fingerprint density at radius 3 is 0.863 bits per heavy atom. The highest BCUT2D eigenvalue weighted by Crippen LogP contribution is 2.15. The molecule has 73 heavy (non-hydrogen) atoms. The van der Waals surface area contributed by atoms with Crippen molar-refractivity contribution < 1.29 is 28.6 Å². The molecule has 0 aromatic carbocycles. The third kappa shape index (κ3) is 59.3. The van der Waals surface area contributed by atoms with Crippen molar-refractivity contribution in [2.75, 3.05) is 13.2 Å². The van der Waals surface area contributed by atoms with Crippen LogP contribution < -0.4 is 0 Å². The number of carbonyl (C=O) groups excluding carboxylic acids is 3. The van der Waals surface area contributed by atoms with E-state index in [-0.39, 0.29) is 31.1 Å². The molecule has 0 rings (SSSR count). The Morgan fingerprint density at radius 2 is 0.534 bits per heavy atom. The lowest BCUT2D eigenvalue weighted by Crippen LogP contribution is -2.30. The van der Waals surface area contributed by atoms with E-state index in [2.05, 4.69) is 106 Å². The van der Waals surface area contributed by atoms with Crippen LogP contribution in [0.1, 0.15) is 303 Å². The molecule has 0 fully saturated rings. The average Bonchev–Trinajstić information content (AvgIpc) is 3.39. The van der Waals surface area contributed by atoms with E-state index in [1.807, 2.05) is 0 Å². The van der Waals surface area contributed by atoms with Crippen molar-refractivity contribution in [2.24, 2.45) is 0 Å². The summed E-state index contributed by atoms with van der Waals surface area (Å²) in [6, 6.07) is 0. The molecular weight excluding hydrogens is 901 g/mol. The van der Waals surface area contributed by atoms with Gasteiger partial charge in [-0.05, 0) is 116 Å². The van der Waals surface area contributed by atoms with E-state index >= 15 is 0 Å². The number of esters is 3. The van der Waals surface area contributed by atoms with E-state index < -0.39 is 6.10 Å². The first-order valence-electron chi connectivity index (χ1n) is 31.1. The molecule has 0 aromatic heterocycles.